The van der Waals surface area contributed by atoms with Gasteiger partial charge in [-0.05, 0) is 83.4 Å². The summed E-state index contributed by atoms with van der Waals surface area (Å²) < 4.78 is 13.6. The van der Waals surface area contributed by atoms with E-state index >= 15 is 0 Å². The van der Waals surface area contributed by atoms with E-state index in [1.54, 1.807) is 17.8 Å². The molecule has 23 heavy (non-hydrogen) atoms. The third-order valence-electron chi connectivity index (χ3n) is 4.24. The molecule has 0 saturated carbocycles. The number of allylic oxidation sites excluding steroid dienone is 2. The number of hydrogen-bond donors (Lipinski definition) is 1. The zero-order chi connectivity index (χ0) is 16.4. The molecule has 2 aromatic carbocycles. The van der Waals surface area contributed by atoms with Gasteiger partial charge in [0.2, 0.25) is 0 Å². The van der Waals surface area contributed by atoms with Crippen LogP contribution in [0, 0.1) is 5.82 Å². The standard InChI is InChI=1S/C20H19FOS/c1-13-17(9-10-22)20-12-15(21)5-8-18(20)19(13)11-14-3-6-16(23-2)7-4-14/h3-8,11-12,22H,9-10H2,1-2H3/b19-11-. The van der Waals surface area contributed by atoms with Crippen LogP contribution in [0.2, 0.25) is 0 Å². The van der Waals surface area contributed by atoms with E-state index in [1.165, 1.54) is 11.0 Å². The van der Waals surface area contributed by atoms with Crippen molar-refractivity contribution in [2.75, 3.05) is 12.9 Å². The maximum atomic E-state index is 13.6. The summed E-state index contributed by atoms with van der Waals surface area (Å²) in [6.45, 7) is 2.11. The molecule has 1 N–H and O–H groups in total. The normalized spacial score (nSPS) is 15.4. The van der Waals surface area contributed by atoms with Gasteiger partial charge in [-0.1, -0.05) is 18.2 Å². The summed E-state index contributed by atoms with van der Waals surface area (Å²) in [4.78, 5) is 1.23. The first-order valence-electron chi connectivity index (χ1n) is 7.61. The lowest BCUT2D eigenvalue weighted by atomic mass is 10.0. The van der Waals surface area contributed by atoms with E-state index in [0.29, 0.717) is 6.42 Å². The van der Waals surface area contributed by atoms with Crippen molar-refractivity contribution in [3.05, 3.63) is 70.5 Å². The molecule has 0 amide bonds. The summed E-state index contributed by atoms with van der Waals surface area (Å²) >= 11 is 1.72. The summed E-state index contributed by atoms with van der Waals surface area (Å²) in [6.07, 6.45) is 4.74. The summed E-state index contributed by atoms with van der Waals surface area (Å²) in [7, 11) is 0. The smallest absolute Gasteiger partial charge is 0.123 e. The van der Waals surface area contributed by atoms with Gasteiger partial charge >= 0.3 is 0 Å². The van der Waals surface area contributed by atoms with Crippen LogP contribution in [0.5, 0.6) is 0 Å². The van der Waals surface area contributed by atoms with Gasteiger partial charge in [-0.3, -0.25) is 0 Å². The highest BCUT2D eigenvalue weighted by Gasteiger charge is 2.23. The largest absolute Gasteiger partial charge is 0.396 e. The first-order valence-corrected chi connectivity index (χ1v) is 8.83. The van der Waals surface area contributed by atoms with Crippen LogP contribution in [0.3, 0.4) is 0 Å². The second-order valence-electron chi connectivity index (χ2n) is 5.60. The molecule has 0 saturated heterocycles. The predicted molar refractivity (Wildman–Crippen MR) is 96.8 cm³/mol. The Morgan fingerprint density at radius 3 is 2.48 bits per heavy atom. The molecule has 118 valence electrons. The molecule has 0 spiro atoms. The fourth-order valence-corrected chi connectivity index (χ4v) is 3.46. The molecule has 0 bridgehead atoms. The van der Waals surface area contributed by atoms with Crippen molar-refractivity contribution < 1.29 is 9.50 Å². The topological polar surface area (TPSA) is 20.2 Å². The molecule has 1 aliphatic carbocycles. The van der Waals surface area contributed by atoms with Crippen LogP contribution in [0.15, 0.2) is 52.9 Å². The fraction of sp³-hybridized carbons (Fsp3) is 0.200. The van der Waals surface area contributed by atoms with E-state index in [2.05, 4.69) is 36.6 Å². The minimum atomic E-state index is -0.238. The van der Waals surface area contributed by atoms with E-state index in [-0.39, 0.29) is 12.4 Å². The monoisotopic (exact) mass is 326 g/mol. The molecule has 2 aromatic rings. The highest BCUT2D eigenvalue weighted by molar-refractivity contribution is 7.98. The van der Waals surface area contributed by atoms with Crippen molar-refractivity contribution in [2.24, 2.45) is 0 Å². The molecule has 1 aliphatic rings. The number of halogens is 1. The maximum absolute atomic E-state index is 13.6. The average molecular weight is 326 g/mol. The maximum Gasteiger partial charge on any atom is 0.123 e. The van der Waals surface area contributed by atoms with Crippen LogP contribution in [0.25, 0.3) is 17.2 Å². The summed E-state index contributed by atoms with van der Waals surface area (Å²) in [5, 5.41) is 9.32. The number of thioether (sulfide) groups is 1. The van der Waals surface area contributed by atoms with Gasteiger partial charge in [0.1, 0.15) is 5.82 Å². The number of rotatable bonds is 4. The number of fused-ring (bicyclic) bond motifs is 1. The molecule has 0 heterocycles. The first kappa shape index (κ1) is 16.0. The number of aliphatic hydroxyl groups is 1. The average Bonchev–Trinajstić information content (AvgIpc) is 2.81. The van der Waals surface area contributed by atoms with Gasteiger partial charge < -0.3 is 5.11 Å². The van der Waals surface area contributed by atoms with Crippen LogP contribution in [0.1, 0.15) is 30.0 Å². The van der Waals surface area contributed by atoms with Crippen molar-refractivity contribution in [1.29, 1.82) is 0 Å². The lowest BCUT2D eigenvalue weighted by Gasteiger charge is -2.05. The van der Waals surface area contributed by atoms with E-state index < -0.39 is 0 Å². The highest BCUT2D eigenvalue weighted by atomic mass is 32.2. The van der Waals surface area contributed by atoms with Gasteiger partial charge in [0.05, 0.1) is 0 Å². The Balaban J connectivity index is 2.09. The van der Waals surface area contributed by atoms with Crippen molar-refractivity contribution in [2.45, 2.75) is 18.2 Å². The van der Waals surface area contributed by atoms with Crippen molar-refractivity contribution in [3.8, 4) is 0 Å². The number of benzene rings is 2. The molecule has 1 nitrogen and oxygen atoms in total. The van der Waals surface area contributed by atoms with Crippen LogP contribution in [-0.2, 0) is 0 Å². The van der Waals surface area contributed by atoms with Gasteiger partial charge in [0.15, 0.2) is 0 Å². The summed E-state index contributed by atoms with van der Waals surface area (Å²) in [5.41, 5.74) is 6.34. The van der Waals surface area contributed by atoms with Gasteiger partial charge in [0.25, 0.3) is 0 Å². The molecule has 0 radical (unpaired) electrons. The Morgan fingerprint density at radius 1 is 1.09 bits per heavy atom. The van der Waals surface area contributed by atoms with E-state index in [0.717, 1.165) is 33.4 Å². The summed E-state index contributed by atoms with van der Waals surface area (Å²) in [5.74, 6) is -0.238. The van der Waals surface area contributed by atoms with Crippen LogP contribution >= 0.6 is 11.8 Å². The van der Waals surface area contributed by atoms with Gasteiger partial charge in [0, 0.05) is 11.5 Å². The number of aliphatic hydroxyl groups excluding tert-OH is 1. The van der Waals surface area contributed by atoms with Crippen molar-refractivity contribution in [3.63, 3.8) is 0 Å². The molecule has 0 fully saturated rings. The zero-order valence-electron chi connectivity index (χ0n) is 13.3. The number of hydrogen-bond acceptors (Lipinski definition) is 2. The Hall–Kier alpha value is -1.84. The SMILES string of the molecule is CSc1ccc(/C=C2/C(C)=C(CCO)c3cc(F)ccc32)cc1. The molecule has 3 rings (SSSR count). The Labute approximate surface area is 140 Å². The lowest BCUT2D eigenvalue weighted by Crippen LogP contribution is -1.89. The zero-order valence-corrected chi connectivity index (χ0v) is 14.1. The molecule has 0 atom stereocenters. The third-order valence-corrected chi connectivity index (χ3v) is 4.99. The Kier molecular flexibility index (Phi) is 4.69. The van der Waals surface area contributed by atoms with E-state index in [1.807, 2.05) is 13.0 Å². The summed E-state index contributed by atoms with van der Waals surface area (Å²) in [6, 6.07) is 13.3. The highest BCUT2D eigenvalue weighted by Crippen LogP contribution is 2.43. The second kappa shape index (κ2) is 6.73. The molecule has 0 unspecified atom stereocenters. The molecular weight excluding hydrogens is 307 g/mol. The van der Waals surface area contributed by atoms with Crippen molar-refractivity contribution >= 4 is 29.0 Å². The third kappa shape index (κ3) is 3.12. The molecule has 0 aliphatic heterocycles. The lowest BCUT2D eigenvalue weighted by molar-refractivity contribution is 0.305. The van der Waals surface area contributed by atoms with E-state index in [9.17, 15) is 9.50 Å². The minimum Gasteiger partial charge on any atom is -0.396 e. The van der Waals surface area contributed by atoms with E-state index in [4.69, 9.17) is 0 Å². The second-order valence-corrected chi connectivity index (χ2v) is 6.48. The Morgan fingerprint density at radius 2 is 1.83 bits per heavy atom. The predicted octanol–water partition coefficient (Wildman–Crippen LogP) is 5.26. The molecule has 3 heteroatoms. The van der Waals surface area contributed by atoms with Gasteiger partial charge in [-0.25, -0.2) is 4.39 Å². The Bertz CT molecular complexity index is 788. The first-order chi connectivity index (χ1) is 11.1. The fourth-order valence-electron chi connectivity index (χ4n) is 3.05. The van der Waals surface area contributed by atoms with Gasteiger partial charge in [-0.15, -0.1) is 11.8 Å². The molecule has 0 aromatic heterocycles. The van der Waals surface area contributed by atoms with Gasteiger partial charge in [-0.2, -0.15) is 0 Å². The van der Waals surface area contributed by atoms with Crippen LogP contribution < -0.4 is 0 Å². The molecular formula is C20H19FOS. The quantitative estimate of drug-likeness (QED) is 0.774. The minimum absolute atomic E-state index is 0.0678. The van der Waals surface area contributed by atoms with Crippen molar-refractivity contribution in [1.82, 2.24) is 0 Å². The van der Waals surface area contributed by atoms with Crippen LogP contribution in [-0.4, -0.2) is 18.0 Å². The van der Waals surface area contributed by atoms with Crippen LogP contribution in [0.4, 0.5) is 4.39 Å².